The lowest BCUT2D eigenvalue weighted by Crippen LogP contribution is -2.14. The number of thioether (sulfide) groups is 1. The summed E-state index contributed by atoms with van der Waals surface area (Å²) in [4.78, 5) is 4.60. The third kappa shape index (κ3) is 3.73. The van der Waals surface area contributed by atoms with Crippen molar-refractivity contribution in [3.63, 3.8) is 0 Å². The fourth-order valence-corrected chi connectivity index (χ4v) is 5.62. The number of benzene rings is 3. The Morgan fingerprint density at radius 1 is 1.00 bits per heavy atom. The fourth-order valence-electron chi connectivity index (χ4n) is 2.92. The highest BCUT2D eigenvalue weighted by Crippen LogP contribution is 2.31. The predicted octanol–water partition coefficient (Wildman–Crippen LogP) is 4.71. The van der Waals surface area contributed by atoms with Gasteiger partial charge in [-0.3, -0.25) is 0 Å². The van der Waals surface area contributed by atoms with Gasteiger partial charge in [0.05, 0.1) is 23.0 Å². The first-order valence-corrected chi connectivity index (χ1v) is 11.2. The zero-order chi connectivity index (χ0) is 20.4. The second kappa shape index (κ2) is 7.88. The third-order valence-corrected chi connectivity index (χ3v) is 7.22. The highest BCUT2D eigenvalue weighted by molar-refractivity contribution is 7.99. The lowest BCUT2D eigenvalue weighted by atomic mass is 10.2. The highest BCUT2D eigenvalue weighted by atomic mass is 32.2. The van der Waals surface area contributed by atoms with E-state index < -0.39 is 10.0 Å². The monoisotopic (exact) mass is 428 g/mol. The van der Waals surface area contributed by atoms with Gasteiger partial charge >= 0.3 is 0 Å². The standard InChI is InChI=1S/C21H17FN2O3S2/c1-27-16-10-12-17(13-11-16)29(25,26)24-20-9-5-4-8-19(20)23-21(24)28-14-15-6-2-3-7-18(15)22/h2-13H,14H2,1H3. The Bertz CT molecular complexity index is 1270. The number of aromatic nitrogens is 2. The van der Waals surface area contributed by atoms with Crippen LogP contribution in [0.15, 0.2) is 82.8 Å². The normalized spacial score (nSPS) is 11.7. The molecule has 0 saturated heterocycles. The molecule has 0 atom stereocenters. The molecule has 148 valence electrons. The van der Waals surface area contributed by atoms with E-state index in [9.17, 15) is 12.8 Å². The molecule has 1 aromatic heterocycles. The van der Waals surface area contributed by atoms with E-state index in [0.717, 1.165) is 0 Å². The van der Waals surface area contributed by atoms with Crippen molar-refractivity contribution in [1.29, 1.82) is 0 Å². The summed E-state index contributed by atoms with van der Waals surface area (Å²) >= 11 is 1.18. The minimum absolute atomic E-state index is 0.120. The van der Waals surface area contributed by atoms with Gasteiger partial charge in [-0.2, -0.15) is 0 Å². The maximum Gasteiger partial charge on any atom is 0.270 e. The maximum absolute atomic E-state index is 14.0. The zero-order valence-corrected chi connectivity index (χ0v) is 17.1. The SMILES string of the molecule is COc1ccc(S(=O)(=O)n2c(SCc3ccccc3F)nc3ccccc32)cc1. The number of para-hydroxylation sites is 2. The van der Waals surface area contributed by atoms with Crippen LogP contribution in [0.2, 0.25) is 0 Å². The molecule has 8 heteroatoms. The van der Waals surface area contributed by atoms with Gasteiger partial charge in [-0.15, -0.1) is 0 Å². The van der Waals surface area contributed by atoms with Gasteiger partial charge in [0.15, 0.2) is 5.16 Å². The molecule has 0 fully saturated rings. The van der Waals surface area contributed by atoms with Crippen molar-refractivity contribution in [1.82, 2.24) is 8.96 Å². The molecule has 0 aliphatic carbocycles. The first-order chi connectivity index (χ1) is 14.0. The Morgan fingerprint density at radius 3 is 2.41 bits per heavy atom. The number of methoxy groups -OCH3 is 1. The van der Waals surface area contributed by atoms with Crippen LogP contribution >= 0.6 is 11.8 Å². The summed E-state index contributed by atoms with van der Waals surface area (Å²) in [5.74, 6) is 0.489. The Labute approximate surface area is 172 Å². The Morgan fingerprint density at radius 2 is 1.69 bits per heavy atom. The van der Waals surface area contributed by atoms with E-state index in [2.05, 4.69) is 4.98 Å². The Balaban J connectivity index is 1.79. The molecule has 0 N–H and O–H groups in total. The number of fused-ring (bicyclic) bond motifs is 1. The maximum atomic E-state index is 14.0. The van der Waals surface area contributed by atoms with Gasteiger partial charge in [-0.05, 0) is 48.0 Å². The second-order valence-corrected chi connectivity index (χ2v) is 8.94. The third-order valence-electron chi connectivity index (χ3n) is 4.40. The summed E-state index contributed by atoms with van der Waals surface area (Å²) in [6, 6.07) is 19.6. The lowest BCUT2D eigenvalue weighted by molar-refractivity contribution is 0.414. The van der Waals surface area contributed by atoms with Crippen LogP contribution in [-0.4, -0.2) is 24.5 Å². The van der Waals surface area contributed by atoms with Crippen LogP contribution in [0.1, 0.15) is 5.56 Å². The molecule has 0 amide bonds. The van der Waals surface area contributed by atoms with E-state index in [1.165, 1.54) is 41.0 Å². The summed E-state index contributed by atoms with van der Waals surface area (Å²) in [6.07, 6.45) is 0. The molecule has 4 aromatic rings. The van der Waals surface area contributed by atoms with Gasteiger partial charge in [0.25, 0.3) is 10.0 Å². The van der Waals surface area contributed by atoms with Crippen LogP contribution < -0.4 is 4.74 Å². The molecule has 3 aromatic carbocycles. The van der Waals surface area contributed by atoms with E-state index in [-0.39, 0.29) is 21.6 Å². The van der Waals surface area contributed by atoms with E-state index in [1.807, 2.05) is 0 Å². The molecule has 29 heavy (non-hydrogen) atoms. The second-order valence-electron chi connectivity index (χ2n) is 6.21. The first kappa shape index (κ1) is 19.5. The van der Waals surface area contributed by atoms with Crippen molar-refractivity contribution in [3.8, 4) is 5.75 Å². The van der Waals surface area contributed by atoms with Gasteiger partial charge in [0, 0.05) is 5.75 Å². The van der Waals surface area contributed by atoms with Crippen molar-refractivity contribution < 1.29 is 17.5 Å². The first-order valence-electron chi connectivity index (χ1n) is 8.74. The largest absolute Gasteiger partial charge is 0.497 e. The van der Waals surface area contributed by atoms with E-state index in [1.54, 1.807) is 54.6 Å². The smallest absolute Gasteiger partial charge is 0.270 e. The van der Waals surface area contributed by atoms with Gasteiger partial charge in [-0.25, -0.2) is 21.8 Å². The number of imidazole rings is 1. The fraction of sp³-hybridized carbons (Fsp3) is 0.0952. The van der Waals surface area contributed by atoms with Crippen molar-refractivity contribution in [2.45, 2.75) is 15.8 Å². The topological polar surface area (TPSA) is 61.2 Å². The van der Waals surface area contributed by atoms with Crippen LogP contribution in [0.4, 0.5) is 4.39 Å². The van der Waals surface area contributed by atoms with Crippen LogP contribution in [0.3, 0.4) is 0 Å². The number of hydrogen-bond acceptors (Lipinski definition) is 5. The Kier molecular flexibility index (Phi) is 5.29. The molecule has 1 heterocycles. The summed E-state index contributed by atoms with van der Waals surface area (Å²) < 4.78 is 47.1. The van der Waals surface area contributed by atoms with Gasteiger partial charge < -0.3 is 4.74 Å². The molecule has 5 nitrogen and oxygen atoms in total. The van der Waals surface area contributed by atoms with E-state index in [0.29, 0.717) is 22.3 Å². The highest BCUT2D eigenvalue weighted by Gasteiger charge is 2.24. The number of hydrogen-bond donors (Lipinski definition) is 0. The molecule has 0 saturated carbocycles. The predicted molar refractivity (Wildman–Crippen MR) is 111 cm³/mol. The van der Waals surface area contributed by atoms with E-state index in [4.69, 9.17) is 4.74 Å². The van der Waals surface area contributed by atoms with Crippen LogP contribution in [0.5, 0.6) is 5.75 Å². The minimum Gasteiger partial charge on any atom is -0.497 e. The number of nitrogens with zero attached hydrogens (tertiary/aromatic N) is 2. The number of halogens is 1. The molecule has 0 bridgehead atoms. The molecule has 4 rings (SSSR count). The summed E-state index contributed by atoms with van der Waals surface area (Å²) in [5.41, 5.74) is 1.51. The minimum atomic E-state index is -3.91. The number of ether oxygens (including phenoxy) is 1. The van der Waals surface area contributed by atoms with Gasteiger partial charge in [0.1, 0.15) is 11.6 Å². The number of rotatable bonds is 6. The van der Waals surface area contributed by atoms with Gasteiger partial charge in [0.2, 0.25) is 0 Å². The molecule has 0 radical (unpaired) electrons. The zero-order valence-electron chi connectivity index (χ0n) is 15.4. The van der Waals surface area contributed by atoms with E-state index >= 15 is 0 Å². The molecule has 0 spiro atoms. The quantitative estimate of drug-likeness (QED) is 0.416. The summed E-state index contributed by atoms with van der Waals surface area (Å²) in [5, 5.41) is 0.283. The molecular weight excluding hydrogens is 411 g/mol. The Hall–Kier alpha value is -2.84. The lowest BCUT2D eigenvalue weighted by Gasteiger charge is -2.11. The van der Waals surface area contributed by atoms with Gasteiger partial charge in [-0.1, -0.05) is 42.1 Å². The molecular formula is C21H17FN2O3S2. The van der Waals surface area contributed by atoms with Crippen molar-refractivity contribution in [3.05, 3.63) is 84.2 Å². The van der Waals surface area contributed by atoms with Crippen molar-refractivity contribution in [2.75, 3.05) is 7.11 Å². The summed E-state index contributed by atoms with van der Waals surface area (Å²) in [6.45, 7) is 0. The van der Waals surface area contributed by atoms with Crippen LogP contribution in [0, 0.1) is 5.82 Å². The average molecular weight is 429 g/mol. The molecule has 0 aliphatic heterocycles. The average Bonchev–Trinajstić information content (AvgIpc) is 3.12. The molecule has 0 aliphatic rings. The van der Waals surface area contributed by atoms with Crippen molar-refractivity contribution in [2.24, 2.45) is 0 Å². The van der Waals surface area contributed by atoms with Crippen LogP contribution in [-0.2, 0) is 15.8 Å². The molecule has 0 unspecified atom stereocenters. The van der Waals surface area contributed by atoms with Crippen molar-refractivity contribution >= 4 is 32.8 Å². The summed E-state index contributed by atoms with van der Waals surface area (Å²) in [7, 11) is -2.39. The van der Waals surface area contributed by atoms with Crippen LogP contribution in [0.25, 0.3) is 11.0 Å².